The fourth-order valence-electron chi connectivity index (χ4n) is 1.17. The van der Waals surface area contributed by atoms with Crippen LogP contribution in [0.1, 0.15) is 0 Å². The van der Waals surface area contributed by atoms with Gasteiger partial charge in [0, 0.05) is 11.9 Å². The predicted octanol–water partition coefficient (Wildman–Crippen LogP) is 3.11. The van der Waals surface area contributed by atoms with Crippen molar-refractivity contribution in [1.29, 1.82) is 0 Å². The maximum Gasteiger partial charge on any atom is 0.221 e. The Bertz CT molecular complexity index is 516. The lowest BCUT2D eigenvalue weighted by atomic mass is 10.3. The second-order valence-electron chi connectivity index (χ2n) is 3.05. The first-order chi connectivity index (χ1) is 7.65. The predicted molar refractivity (Wildman–Crippen MR) is 66.2 cm³/mol. The van der Waals surface area contributed by atoms with Crippen LogP contribution in [0.4, 0.5) is 17.5 Å². The maximum atomic E-state index is 5.88. The van der Waals surface area contributed by atoms with Crippen LogP contribution in [-0.2, 0) is 0 Å². The second-order valence-corrected chi connectivity index (χ2v) is 3.87. The zero-order valence-corrected chi connectivity index (χ0v) is 9.63. The van der Waals surface area contributed by atoms with Crippen LogP contribution in [0.15, 0.2) is 30.5 Å². The Hall–Kier alpha value is -1.52. The highest BCUT2D eigenvalue weighted by Crippen LogP contribution is 2.26. The lowest BCUT2D eigenvalue weighted by molar-refractivity contribution is 1.18. The van der Waals surface area contributed by atoms with E-state index in [9.17, 15) is 0 Å². The van der Waals surface area contributed by atoms with Crippen LogP contribution in [0.3, 0.4) is 0 Å². The van der Waals surface area contributed by atoms with E-state index in [1.54, 1.807) is 30.5 Å². The summed E-state index contributed by atoms with van der Waals surface area (Å²) >= 11 is 11.7. The first kappa shape index (κ1) is 11.0. The summed E-state index contributed by atoms with van der Waals surface area (Å²) in [5.74, 6) is 0.816. The summed E-state index contributed by atoms with van der Waals surface area (Å²) < 4.78 is 0. The van der Waals surface area contributed by atoms with Gasteiger partial charge in [-0.3, -0.25) is 0 Å². The van der Waals surface area contributed by atoms with Gasteiger partial charge in [0.2, 0.25) is 5.95 Å². The Morgan fingerprint density at radius 3 is 2.62 bits per heavy atom. The number of rotatable bonds is 2. The monoisotopic (exact) mass is 254 g/mol. The first-order valence-corrected chi connectivity index (χ1v) is 5.21. The fourth-order valence-corrected chi connectivity index (χ4v) is 1.46. The Morgan fingerprint density at radius 2 is 1.94 bits per heavy atom. The molecule has 0 saturated heterocycles. The zero-order valence-electron chi connectivity index (χ0n) is 8.11. The number of hydrogen-bond acceptors (Lipinski definition) is 4. The van der Waals surface area contributed by atoms with E-state index in [4.69, 9.17) is 28.9 Å². The van der Waals surface area contributed by atoms with Crippen molar-refractivity contribution in [3.05, 3.63) is 40.5 Å². The number of aromatic nitrogens is 2. The number of nitrogens with zero attached hydrogens (tertiary/aromatic N) is 2. The van der Waals surface area contributed by atoms with Crippen LogP contribution in [0.25, 0.3) is 0 Å². The van der Waals surface area contributed by atoms with Gasteiger partial charge in [0.05, 0.1) is 10.0 Å². The number of benzene rings is 1. The van der Waals surface area contributed by atoms with Crippen molar-refractivity contribution in [2.45, 2.75) is 0 Å². The van der Waals surface area contributed by atoms with Crippen LogP contribution in [-0.4, -0.2) is 9.97 Å². The van der Waals surface area contributed by atoms with Crippen LogP contribution < -0.4 is 11.1 Å². The average Bonchev–Trinajstić information content (AvgIpc) is 2.24. The van der Waals surface area contributed by atoms with Crippen LogP contribution in [0.5, 0.6) is 0 Å². The lowest BCUT2D eigenvalue weighted by Crippen LogP contribution is -1.98. The van der Waals surface area contributed by atoms with E-state index < -0.39 is 0 Å². The summed E-state index contributed by atoms with van der Waals surface area (Å²) in [5, 5.41) is 4.03. The van der Waals surface area contributed by atoms with Gasteiger partial charge in [0.15, 0.2) is 0 Å². The first-order valence-electron chi connectivity index (χ1n) is 4.46. The smallest absolute Gasteiger partial charge is 0.221 e. The molecule has 0 spiro atoms. The minimum absolute atomic E-state index is 0.213. The van der Waals surface area contributed by atoms with E-state index in [0.717, 1.165) is 5.69 Å². The summed E-state index contributed by atoms with van der Waals surface area (Å²) in [6.07, 6.45) is 1.57. The molecule has 0 aliphatic carbocycles. The molecule has 16 heavy (non-hydrogen) atoms. The van der Waals surface area contributed by atoms with E-state index in [2.05, 4.69) is 15.3 Å². The second kappa shape index (κ2) is 4.55. The molecule has 0 bridgehead atoms. The molecule has 0 aliphatic heterocycles. The van der Waals surface area contributed by atoms with Gasteiger partial charge < -0.3 is 11.1 Å². The number of halogens is 2. The molecule has 0 unspecified atom stereocenters. The summed E-state index contributed by atoms with van der Waals surface area (Å²) in [6.45, 7) is 0. The van der Waals surface area contributed by atoms with Crippen molar-refractivity contribution in [1.82, 2.24) is 9.97 Å². The minimum atomic E-state index is 0.213. The molecule has 0 atom stereocenters. The highest BCUT2D eigenvalue weighted by molar-refractivity contribution is 6.42. The number of nitrogens with two attached hydrogens (primary N) is 1. The van der Waals surface area contributed by atoms with Crippen molar-refractivity contribution in [2.75, 3.05) is 11.1 Å². The number of nitrogens with one attached hydrogen (secondary N) is 1. The fraction of sp³-hybridized carbons (Fsp3) is 0. The molecule has 4 nitrogen and oxygen atoms in total. The third-order valence-corrected chi connectivity index (χ3v) is 2.61. The van der Waals surface area contributed by atoms with Gasteiger partial charge in [-0.25, -0.2) is 4.98 Å². The molecule has 0 fully saturated rings. The molecule has 1 aromatic heterocycles. The highest BCUT2D eigenvalue weighted by atomic mass is 35.5. The largest absolute Gasteiger partial charge is 0.368 e. The van der Waals surface area contributed by atoms with Gasteiger partial charge in [-0.1, -0.05) is 23.2 Å². The molecule has 0 aliphatic rings. The average molecular weight is 255 g/mol. The Labute approximate surface area is 102 Å². The van der Waals surface area contributed by atoms with E-state index in [-0.39, 0.29) is 5.95 Å². The molecule has 2 aromatic rings. The van der Waals surface area contributed by atoms with Crippen LogP contribution in [0.2, 0.25) is 10.0 Å². The molecule has 6 heteroatoms. The maximum absolute atomic E-state index is 5.88. The number of hydrogen-bond donors (Lipinski definition) is 2. The Kier molecular flexibility index (Phi) is 3.12. The third kappa shape index (κ3) is 2.53. The Balaban J connectivity index is 2.24. The summed E-state index contributed by atoms with van der Waals surface area (Å²) in [7, 11) is 0. The van der Waals surface area contributed by atoms with Crippen molar-refractivity contribution in [2.24, 2.45) is 0 Å². The highest BCUT2D eigenvalue weighted by Gasteiger charge is 2.01. The van der Waals surface area contributed by atoms with E-state index in [0.29, 0.717) is 15.9 Å². The molecular weight excluding hydrogens is 247 g/mol. The van der Waals surface area contributed by atoms with Crippen LogP contribution in [0, 0.1) is 0 Å². The molecule has 1 aromatic carbocycles. The zero-order chi connectivity index (χ0) is 11.5. The van der Waals surface area contributed by atoms with Gasteiger partial charge in [0.1, 0.15) is 5.82 Å². The molecule has 1 heterocycles. The van der Waals surface area contributed by atoms with Gasteiger partial charge in [-0.15, -0.1) is 0 Å². The molecule has 0 radical (unpaired) electrons. The van der Waals surface area contributed by atoms with Crippen LogP contribution >= 0.6 is 23.2 Å². The molecule has 0 saturated carbocycles. The van der Waals surface area contributed by atoms with Crippen molar-refractivity contribution < 1.29 is 0 Å². The van der Waals surface area contributed by atoms with Gasteiger partial charge in [-0.2, -0.15) is 4.98 Å². The normalized spacial score (nSPS) is 10.1. The van der Waals surface area contributed by atoms with Crippen molar-refractivity contribution >= 4 is 40.7 Å². The third-order valence-electron chi connectivity index (χ3n) is 1.87. The van der Waals surface area contributed by atoms with Crippen molar-refractivity contribution in [3.8, 4) is 0 Å². The SMILES string of the molecule is Nc1nccc(Nc2ccc(Cl)c(Cl)c2)n1. The van der Waals surface area contributed by atoms with Gasteiger partial charge >= 0.3 is 0 Å². The summed E-state index contributed by atoms with van der Waals surface area (Å²) in [4.78, 5) is 7.79. The topological polar surface area (TPSA) is 63.8 Å². The Morgan fingerprint density at radius 1 is 1.12 bits per heavy atom. The molecule has 82 valence electrons. The quantitative estimate of drug-likeness (QED) is 0.865. The van der Waals surface area contributed by atoms with Crippen molar-refractivity contribution in [3.63, 3.8) is 0 Å². The molecular formula is C10H8Cl2N4. The van der Waals surface area contributed by atoms with E-state index >= 15 is 0 Å². The van der Waals surface area contributed by atoms with Gasteiger partial charge in [0.25, 0.3) is 0 Å². The minimum Gasteiger partial charge on any atom is -0.368 e. The standard InChI is InChI=1S/C10H8Cl2N4/c11-7-2-1-6(5-8(7)12)15-9-3-4-14-10(13)16-9/h1-5H,(H3,13,14,15,16). The summed E-state index contributed by atoms with van der Waals surface area (Å²) in [6, 6.07) is 6.92. The summed E-state index contributed by atoms with van der Waals surface area (Å²) in [5.41, 5.74) is 6.24. The molecule has 2 rings (SSSR count). The van der Waals surface area contributed by atoms with E-state index in [1.165, 1.54) is 0 Å². The molecule has 0 amide bonds. The molecule has 3 N–H and O–H groups in total. The lowest BCUT2D eigenvalue weighted by Gasteiger charge is -2.06. The van der Waals surface area contributed by atoms with E-state index in [1.807, 2.05) is 0 Å². The number of anilines is 3. The number of nitrogen functional groups attached to an aromatic ring is 1. The van der Waals surface area contributed by atoms with Gasteiger partial charge in [-0.05, 0) is 24.3 Å².